The van der Waals surface area contributed by atoms with Crippen LogP contribution in [-0.4, -0.2) is 75.2 Å². The lowest BCUT2D eigenvalue weighted by molar-refractivity contribution is -0.170. The van der Waals surface area contributed by atoms with Crippen LogP contribution in [-0.2, 0) is 20.7 Å². The fourth-order valence-electron chi connectivity index (χ4n) is 7.74. The second-order valence-electron chi connectivity index (χ2n) is 11.3. The fraction of sp³-hybridized carbons (Fsp3) is 0.630. The molecule has 2 amide bonds. The van der Waals surface area contributed by atoms with Gasteiger partial charge in [0.05, 0.1) is 36.8 Å². The standard InChI is InChI=1S/C27H32ClN3O4/c28-16-5-6-20-19(13-16)17-3-1-4-18(23(17)29-20)25(33)31-21-11-15(12-22(21)32)24(31)26(34)30-9-10-35-14-27(30)7-2-8-27/h5-6,13,15,18,21-22,24,29,32H,1-4,7-12,14H2/t15?,18?,21?,22-,24-/m0/s1. The summed E-state index contributed by atoms with van der Waals surface area (Å²) in [4.78, 5) is 35.7. The largest absolute Gasteiger partial charge is 0.391 e. The number of aliphatic hydroxyl groups is 1. The number of amides is 2. The first-order valence-electron chi connectivity index (χ1n) is 13.2. The first kappa shape index (κ1) is 22.1. The number of aryl methyl sites for hydroxylation is 1. The molecule has 1 aromatic heterocycles. The van der Waals surface area contributed by atoms with Crippen molar-refractivity contribution >= 4 is 34.3 Å². The fourth-order valence-corrected chi connectivity index (χ4v) is 7.91. The van der Waals surface area contributed by atoms with Gasteiger partial charge in [0.15, 0.2) is 0 Å². The molecule has 186 valence electrons. The lowest BCUT2D eigenvalue weighted by atomic mass is 9.74. The molecule has 2 N–H and O–H groups in total. The SMILES string of the molecule is O=C(C1CCCc2c1[nH]c1ccc(Cl)cc21)N1C2CC(C[C@@H]2O)[C@H]1C(=O)N1CCOCC12CCC2. The number of likely N-dealkylation sites (tertiary alicyclic amines) is 1. The van der Waals surface area contributed by atoms with Crippen LogP contribution < -0.4 is 0 Å². The Morgan fingerprint density at radius 1 is 1.17 bits per heavy atom. The molecule has 5 atom stereocenters. The van der Waals surface area contributed by atoms with Gasteiger partial charge in [0.2, 0.25) is 11.8 Å². The highest BCUT2D eigenvalue weighted by Gasteiger charge is 2.59. The van der Waals surface area contributed by atoms with Gasteiger partial charge in [0.25, 0.3) is 0 Å². The average Bonchev–Trinajstić information content (AvgIpc) is 3.52. The number of hydrogen-bond donors (Lipinski definition) is 2. The summed E-state index contributed by atoms with van der Waals surface area (Å²) in [5.74, 6) is -0.241. The van der Waals surface area contributed by atoms with E-state index in [9.17, 15) is 14.7 Å². The highest BCUT2D eigenvalue weighted by molar-refractivity contribution is 6.31. The number of fused-ring (bicyclic) bond motifs is 5. The molecule has 2 saturated heterocycles. The number of morpholine rings is 1. The van der Waals surface area contributed by atoms with Gasteiger partial charge >= 0.3 is 0 Å². The van der Waals surface area contributed by atoms with Gasteiger partial charge in [-0.1, -0.05) is 11.6 Å². The van der Waals surface area contributed by atoms with E-state index < -0.39 is 12.1 Å². The van der Waals surface area contributed by atoms with E-state index in [1.807, 2.05) is 23.1 Å². The summed E-state index contributed by atoms with van der Waals surface area (Å²) in [6.07, 6.45) is 6.38. The number of nitrogens with zero attached hydrogens (tertiary/aromatic N) is 2. The molecule has 2 saturated carbocycles. The number of nitrogens with one attached hydrogen (secondary N) is 1. The molecule has 0 radical (unpaired) electrons. The third kappa shape index (κ3) is 3.17. The number of aromatic nitrogens is 1. The Labute approximate surface area is 209 Å². The van der Waals surface area contributed by atoms with E-state index in [2.05, 4.69) is 4.98 Å². The van der Waals surface area contributed by atoms with Crippen LogP contribution in [0.4, 0.5) is 0 Å². The van der Waals surface area contributed by atoms with Gasteiger partial charge in [0, 0.05) is 28.2 Å². The van der Waals surface area contributed by atoms with Gasteiger partial charge in [-0.25, -0.2) is 0 Å². The monoisotopic (exact) mass is 497 g/mol. The van der Waals surface area contributed by atoms with Crippen LogP contribution >= 0.6 is 11.6 Å². The molecule has 3 aliphatic carbocycles. The zero-order valence-corrected chi connectivity index (χ0v) is 20.6. The zero-order valence-electron chi connectivity index (χ0n) is 19.8. The lowest BCUT2D eigenvalue weighted by Crippen LogP contribution is -2.67. The summed E-state index contributed by atoms with van der Waals surface area (Å²) in [6.45, 7) is 1.74. The molecule has 1 spiro atoms. The van der Waals surface area contributed by atoms with Crippen molar-refractivity contribution in [3.05, 3.63) is 34.5 Å². The normalized spacial score (nSPS) is 33.3. The summed E-state index contributed by atoms with van der Waals surface area (Å²) in [6, 6.07) is 5.07. The molecule has 7 nitrogen and oxygen atoms in total. The van der Waals surface area contributed by atoms with Crippen molar-refractivity contribution in [2.24, 2.45) is 5.92 Å². The topological polar surface area (TPSA) is 85.9 Å². The zero-order chi connectivity index (χ0) is 23.9. The third-order valence-electron chi connectivity index (χ3n) is 9.56. The molecule has 2 aliphatic heterocycles. The Morgan fingerprint density at radius 2 is 2.03 bits per heavy atom. The number of hydrogen-bond acceptors (Lipinski definition) is 4. The number of aliphatic hydroxyl groups excluding tert-OH is 1. The minimum atomic E-state index is -0.556. The Balaban J connectivity index is 1.24. The van der Waals surface area contributed by atoms with Crippen LogP contribution in [0.2, 0.25) is 5.02 Å². The van der Waals surface area contributed by atoms with Gasteiger partial charge in [-0.05, 0) is 81.0 Å². The lowest BCUT2D eigenvalue weighted by Gasteiger charge is -2.54. The number of rotatable bonds is 2. The van der Waals surface area contributed by atoms with E-state index in [0.29, 0.717) is 37.6 Å². The molecule has 4 fully saturated rings. The summed E-state index contributed by atoms with van der Waals surface area (Å²) in [5.41, 5.74) is 2.93. The molecule has 2 bridgehead atoms. The summed E-state index contributed by atoms with van der Waals surface area (Å²) < 4.78 is 5.77. The van der Waals surface area contributed by atoms with Crippen molar-refractivity contribution in [1.82, 2.24) is 14.8 Å². The van der Waals surface area contributed by atoms with E-state index in [1.54, 1.807) is 4.90 Å². The second kappa shape index (κ2) is 7.95. The molecule has 5 aliphatic rings. The third-order valence-corrected chi connectivity index (χ3v) is 9.80. The molecular formula is C27H32ClN3O4. The van der Waals surface area contributed by atoms with Crippen LogP contribution in [0.3, 0.4) is 0 Å². The second-order valence-corrected chi connectivity index (χ2v) is 11.8. The molecular weight excluding hydrogens is 466 g/mol. The Kier molecular flexibility index (Phi) is 5.03. The van der Waals surface area contributed by atoms with Crippen molar-refractivity contribution in [3.63, 3.8) is 0 Å². The van der Waals surface area contributed by atoms with Gasteiger partial charge in [-0.2, -0.15) is 0 Å². The predicted molar refractivity (Wildman–Crippen MR) is 131 cm³/mol. The minimum Gasteiger partial charge on any atom is -0.391 e. The summed E-state index contributed by atoms with van der Waals surface area (Å²) >= 11 is 6.28. The Morgan fingerprint density at radius 3 is 2.83 bits per heavy atom. The number of halogens is 1. The average molecular weight is 498 g/mol. The smallest absolute Gasteiger partial charge is 0.246 e. The number of carbonyl (C=O) groups excluding carboxylic acids is 2. The quantitative estimate of drug-likeness (QED) is 0.666. The van der Waals surface area contributed by atoms with Gasteiger partial charge in [-0.3, -0.25) is 9.59 Å². The molecule has 3 unspecified atom stereocenters. The number of ether oxygens (including phenoxy) is 1. The molecule has 7 rings (SSSR count). The Hall–Kier alpha value is -2.09. The van der Waals surface area contributed by atoms with Gasteiger partial charge in [-0.15, -0.1) is 0 Å². The van der Waals surface area contributed by atoms with Gasteiger partial charge < -0.3 is 24.6 Å². The Bertz CT molecular complexity index is 1210. The van der Waals surface area contributed by atoms with Crippen LogP contribution in [0.5, 0.6) is 0 Å². The van der Waals surface area contributed by atoms with E-state index >= 15 is 0 Å². The molecule has 1 aromatic carbocycles. The van der Waals surface area contributed by atoms with Gasteiger partial charge in [0.1, 0.15) is 6.04 Å². The molecule has 3 heterocycles. The summed E-state index contributed by atoms with van der Waals surface area (Å²) in [5, 5.41) is 12.6. The van der Waals surface area contributed by atoms with Crippen molar-refractivity contribution in [1.29, 1.82) is 0 Å². The van der Waals surface area contributed by atoms with Crippen molar-refractivity contribution < 1.29 is 19.4 Å². The highest BCUT2D eigenvalue weighted by Crippen LogP contribution is 2.48. The van der Waals surface area contributed by atoms with E-state index in [1.165, 1.54) is 5.56 Å². The van der Waals surface area contributed by atoms with E-state index in [4.69, 9.17) is 16.3 Å². The maximum atomic E-state index is 14.3. The molecule has 8 heteroatoms. The van der Waals surface area contributed by atoms with E-state index in [-0.39, 0.29) is 35.2 Å². The first-order chi connectivity index (χ1) is 17.0. The van der Waals surface area contributed by atoms with Crippen LogP contribution in [0.1, 0.15) is 62.1 Å². The number of piperidine rings is 1. The number of carbonyl (C=O) groups is 2. The maximum Gasteiger partial charge on any atom is 0.246 e. The number of aromatic amines is 1. The van der Waals surface area contributed by atoms with Crippen molar-refractivity contribution in [2.45, 2.75) is 81.0 Å². The first-order valence-corrected chi connectivity index (χ1v) is 13.5. The molecule has 35 heavy (non-hydrogen) atoms. The molecule has 2 aromatic rings. The van der Waals surface area contributed by atoms with Crippen LogP contribution in [0.15, 0.2) is 18.2 Å². The van der Waals surface area contributed by atoms with Crippen LogP contribution in [0.25, 0.3) is 10.9 Å². The van der Waals surface area contributed by atoms with Crippen molar-refractivity contribution in [2.75, 3.05) is 19.8 Å². The number of H-pyrrole nitrogens is 1. The van der Waals surface area contributed by atoms with Crippen molar-refractivity contribution in [3.8, 4) is 0 Å². The number of benzene rings is 1. The summed E-state index contributed by atoms with van der Waals surface area (Å²) in [7, 11) is 0. The van der Waals surface area contributed by atoms with Crippen LogP contribution in [0, 0.1) is 5.92 Å². The predicted octanol–water partition coefficient (Wildman–Crippen LogP) is 3.37. The maximum absolute atomic E-state index is 14.3. The van der Waals surface area contributed by atoms with E-state index in [0.717, 1.165) is 55.1 Å². The minimum absolute atomic E-state index is 0.0101. The highest BCUT2D eigenvalue weighted by atomic mass is 35.5.